The Balaban J connectivity index is 2.80. The third kappa shape index (κ3) is 5.08. The minimum atomic E-state index is -3.39. The molecule has 1 aromatic carbocycles. The summed E-state index contributed by atoms with van der Waals surface area (Å²) < 4.78 is 21.8. The van der Waals surface area contributed by atoms with Crippen molar-refractivity contribution in [3.8, 4) is 0 Å². The highest BCUT2D eigenvalue weighted by molar-refractivity contribution is 7.89. The van der Waals surface area contributed by atoms with Crippen molar-refractivity contribution in [2.45, 2.75) is 26.7 Å². The third-order valence-electron chi connectivity index (χ3n) is 3.13. The molecule has 0 amide bonds. The van der Waals surface area contributed by atoms with Crippen LogP contribution in [0.1, 0.15) is 25.8 Å². The largest absolute Gasteiger partial charge is 0.399 e. The number of aryl methyl sites for hydroxylation is 1. The second-order valence-corrected chi connectivity index (χ2v) is 6.26. The molecule has 0 heterocycles. The summed E-state index contributed by atoms with van der Waals surface area (Å²) in [4.78, 5) is 2.22. The van der Waals surface area contributed by atoms with Gasteiger partial charge in [-0.2, -0.15) is 0 Å². The van der Waals surface area contributed by atoms with Gasteiger partial charge in [0.2, 0.25) is 10.0 Å². The van der Waals surface area contributed by atoms with E-state index >= 15 is 0 Å². The molecule has 0 unspecified atom stereocenters. The number of nitrogens with zero attached hydrogens (tertiary/aromatic N) is 1. The molecular weight excluding hydrogens is 262 g/mol. The number of primary sulfonamides is 1. The van der Waals surface area contributed by atoms with E-state index in [1.165, 1.54) is 0 Å². The first-order chi connectivity index (χ1) is 8.87. The van der Waals surface area contributed by atoms with Gasteiger partial charge in [0.15, 0.2) is 0 Å². The molecule has 0 saturated heterocycles. The Morgan fingerprint density at radius 2 is 1.84 bits per heavy atom. The maximum absolute atomic E-state index is 10.9. The summed E-state index contributed by atoms with van der Waals surface area (Å²) in [5, 5.41) is 4.99. The maximum Gasteiger partial charge on any atom is 0.209 e. The third-order valence-corrected chi connectivity index (χ3v) is 3.99. The average molecular weight is 285 g/mol. The fourth-order valence-corrected chi connectivity index (χ4v) is 2.60. The van der Waals surface area contributed by atoms with Gasteiger partial charge in [-0.3, -0.25) is 0 Å². The molecule has 0 bridgehead atoms. The molecule has 0 aliphatic rings. The van der Waals surface area contributed by atoms with Gasteiger partial charge >= 0.3 is 0 Å². The first-order valence-corrected chi connectivity index (χ1v) is 8.22. The summed E-state index contributed by atoms with van der Waals surface area (Å²) >= 11 is 0. The van der Waals surface area contributed by atoms with Crippen molar-refractivity contribution in [2.75, 3.05) is 29.5 Å². The number of hydrogen-bond donors (Lipinski definition) is 2. The van der Waals surface area contributed by atoms with E-state index in [9.17, 15) is 8.42 Å². The van der Waals surface area contributed by atoms with E-state index < -0.39 is 10.0 Å². The van der Waals surface area contributed by atoms with Gasteiger partial charge in [-0.1, -0.05) is 0 Å². The van der Waals surface area contributed by atoms with Gasteiger partial charge in [-0.25, -0.2) is 13.6 Å². The molecule has 0 spiro atoms. The Bertz CT molecular complexity index is 511. The van der Waals surface area contributed by atoms with Crippen LogP contribution >= 0.6 is 0 Å². The van der Waals surface area contributed by atoms with Gasteiger partial charge in [0.1, 0.15) is 0 Å². The molecule has 108 valence electrons. The summed E-state index contributed by atoms with van der Waals surface area (Å²) in [5.74, 6) is -0.0120. The number of nitrogen functional groups attached to an aromatic ring is 1. The fraction of sp³-hybridized carbons (Fsp3) is 0.538. The summed E-state index contributed by atoms with van der Waals surface area (Å²) in [5.41, 5.74) is 8.72. The first kappa shape index (κ1) is 15.8. The molecule has 0 atom stereocenters. The summed E-state index contributed by atoms with van der Waals surface area (Å²) in [6, 6.07) is 5.90. The lowest BCUT2D eigenvalue weighted by molar-refractivity contribution is 0.595. The van der Waals surface area contributed by atoms with Crippen LogP contribution in [0.4, 0.5) is 11.4 Å². The second kappa shape index (κ2) is 6.77. The van der Waals surface area contributed by atoms with Crippen molar-refractivity contribution in [2.24, 2.45) is 5.14 Å². The lowest BCUT2D eigenvalue weighted by atomic mass is 10.1. The number of nitrogens with two attached hydrogens (primary N) is 2. The summed E-state index contributed by atoms with van der Waals surface area (Å²) in [6.45, 7) is 6.05. The highest BCUT2D eigenvalue weighted by atomic mass is 32.2. The Hall–Kier alpha value is -1.27. The van der Waals surface area contributed by atoms with Crippen LogP contribution in [-0.4, -0.2) is 27.3 Å². The van der Waals surface area contributed by atoms with Crippen LogP contribution in [0.25, 0.3) is 0 Å². The normalized spacial score (nSPS) is 11.5. The zero-order valence-corrected chi connectivity index (χ0v) is 12.4. The Morgan fingerprint density at radius 1 is 1.21 bits per heavy atom. The van der Waals surface area contributed by atoms with Crippen LogP contribution in [0.5, 0.6) is 0 Å². The molecule has 0 aliphatic heterocycles. The number of anilines is 2. The van der Waals surface area contributed by atoms with Gasteiger partial charge in [0, 0.05) is 24.5 Å². The standard InChI is InChI=1S/C13H23N3O2S/c1-3-16(4-2)12-7-8-13(14)11(10-12)6-5-9-19(15,17)18/h7-8,10H,3-6,9,14H2,1-2H3,(H2,15,17,18). The van der Waals surface area contributed by atoms with Gasteiger partial charge < -0.3 is 10.6 Å². The average Bonchev–Trinajstić information content (AvgIpc) is 2.32. The highest BCUT2D eigenvalue weighted by Crippen LogP contribution is 2.22. The Morgan fingerprint density at radius 3 is 2.37 bits per heavy atom. The van der Waals surface area contributed by atoms with Crippen LogP contribution in [0.15, 0.2) is 18.2 Å². The van der Waals surface area contributed by atoms with Crippen molar-refractivity contribution in [1.29, 1.82) is 0 Å². The van der Waals surface area contributed by atoms with Crippen molar-refractivity contribution < 1.29 is 8.42 Å². The quantitative estimate of drug-likeness (QED) is 0.740. The van der Waals surface area contributed by atoms with Crippen molar-refractivity contribution in [3.05, 3.63) is 23.8 Å². The van der Waals surface area contributed by atoms with Gasteiger partial charge in [0.05, 0.1) is 5.75 Å². The zero-order chi connectivity index (χ0) is 14.5. The van der Waals surface area contributed by atoms with Gasteiger partial charge in [0.25, 0.3) is 0 Å². The monoisotopic (exact) mass is 285 g/mol. The van der Waals surface area contributed by atoms with E-state index in [1.54, 1.807) is 0 Å². The molecule has 0 aliphatic carbocycles. The molecule has 1 rings (SSSR count). The number of sulfonamides is 1. The van der Waals surface area contributed by atoms with Crippen LogP contribution in [0.2, 0.25) is 0 Å². The minimum Gasteiger partial charge on any atom is -0.399 e. The van der Waals surface area contributed by atoms with E-state index in [1.807, 2.05) is 18.2 Å². The molecule has 0 aromatic heterocycles. The van der Waals surface area contributed by atoms with E-state index in [0.717, 1.165) is 24.3 Å². The Kier molecular flexibility index (Phi) is 5.62. The fourth-order valence-electron chi connectivity index (χ4n) is 2.06. The molecule has 0 radical (unpaired) electrons. The lowest BCUT2D eigenvalue weighted by Gasteiger charge is -2.22. The van der Waals surface area contributed by atoms with E-state index in [-0.39, 0.29) is 5.75 Å². The summed E-state index contributed by atoms with van der Waals surface area (Å²) in [6.07, 6.45) is 1.11. The lowest BCUT2D eigenvalue weighted by Crippen LogP contribution is -2.22. The molecule has 6 heteroatoms. The van der Waals surface area contributed by atoms with E-state index in [2.05, 4.69) is 18.7 Å². The zero-order valence-electron chi connectivity index (χ0n) is 11.6. The minimum absolute atomic E-state index is 0.0120. The molecule has 0 fully saturated rings. The molecule has 5 nitrogen and oxygen atoms in total. The Labute approximate surface area is 115 Å². The SMILES string of the molecule is CCN(CC)c1ccc(N)c(CCCS(N)(=O)=O)c1. The predicted octanol–water partition coefficient (Wildman–Crippen LogP) is 1.34. The van der Waals surface area contributed by atoms with E-state index in [4.69, 9.17) is 10.9 Å². The van der Waals surface area contributed by atoms with Crippen molar-refractivity contribution in [1.82, 2.24) is 0 Å². The van der Waals surface area contributed by atoms with Gasteiger partial charge in [-0.05, 0) is 50.5 Å². The second-order valence-electron chi connectivity index (χ2n) is 4.53. The number of hydrogen-bond acceptors (Lipinski definition) is 4. The van der Waals surface area contributed by atoms with Crippen molar-refractivity contribution in [3.63, 3.8) is 0 Å². The van der Waals surface area contributed by atoms with E-state index in [0.29, 0.717) is 18.5 Å². The van der Waals surface area contributed by atoms with Crippen LogP contribution < -0.4 is 15.8 Å². The topological polar surface area (TPSA) is 89.4 Å². The molecule has 19 heavy (non-hydrogen) atoms. The van der Waals surface area contributed by atoms with Crippen LogP contribution in [0, 0.1) is 0 Å². The molecule has 4 N–H and O–H groups in total. The number of rotatable bonds is 7. The van der Waals surface area contributed by atoms with Crippen molar-refractivity contribution >= 4 is 21.4 Å². The van der Waals surface area contributed by atoms with Crippen LogP contribution in [0.3, 0.4) is 0 Å². The first-order valence-electron chi connectivity index (χ1n) is 6.51. The smallest absolute Gasteiger partial charge is 0.209 e. The number of benzene rings is 1. The van der Waals surface area contributed by atoms with Crippen LogP contribution in [-0.2, 0) is 16.4 Å². The summed E-state index contributed by atoms with van der Waals surface area (Å²) in [7, 11) is -3.39. The molecular formula is C13H23N3O2S. The van der Waals surface area contributed by atoms with Gasteiger partial charge in [-0.15, -0.1) is 0 Å². The molecule has 1 aromatic rings. The highest BCUT2D eigenvalue weighted by Gasteiger charge is 2.08. The predicted molar refractivity (Wildman–Crippen MR) is 80.7 cm³/mol. The maximum atomic E-state index is 10.9. The molecule has 0 saturated carbocycles.